The standard InChI is InChI=1S/C15H13NO2S/c1-8-5-4-6-11-7-12(18-14(8)11)13(17)15-9(2)16-10(3)19-15/h4-7H,1-3H3. The van der Waals surface area contributed by atoms with Crippen molar-refractivity contribution >= 4 is 28.1 Å². The van der Waals surface area contributed by atoms with Crippen LogP contribution in [-0.4, -0.2) is 10.8 Å². The predicted octanol–water partition coefficient (Wildman–Crippen LogP) is 4.05. The van der Waals surface area contributed by atoms with Gasteiger partial charge >= 0.3 is 0 Å². The fourth-order valence-electron chi connectivity index (χ4n) is 2.17. The molecule has 0 bridgehead atoms. The molecule has 0 unspecified atom stereocenters. The van der Waals surface area contributed by atoms with E-state index in [4.69, 9.17) is 4.42 Å². The number of hydrogen-bond donors (Lipinski definition) is 0. The normalized spacial score (nSPS) is 11.1. The Labute approximate surface area is 114 Å². The summed E-state index contributed by atoms with van der Waals surface area (Å²) in [7, 11) is 0. The van der Waals surface area contributed by atoms with Crippen molar-refractivity contribution in [2.24, 2.45) is 0 Å². The lowest BCUT2D eigenvalue weighted by Crippen LogP contribution is -1.98. The van der Waals surface area contributed by atoms with Gasteiger partial charge in [0.05, 0.1) is 10.7 Å². The summed E-state index contributed by atoms with van der Waals surface area (Å²) in [5, 5.41) is 1.86. The molecular weight excluding hydrogens is 258 g/mol. The molecule has 0 saturated carbocycles. The van der Waals surface area contributed by atoms with Gasteiger partial charge in [0, 0.05) is 5.39 Å². The molecule has 19 heavy (non-hydrogen) atoms. The van der Waals surface area contributed by atoms with Crippen LogP contribution in [0.5, 0.6) is 0 Å². The van der Waals surface area contributed by atoms with Crippen LogP contribution in [0.2, 0.25) is 0 Å². The van der Waals surface area contributed by atoms with E-state index in [-0.39, 0.29) is 5.78 Å². The molecule has 0 fully saturated rings. The third-order valence-electron chi connectivity index (χ3n) is 3.07. The van der Waals surface area contributed by atoms with E-state index in [1.54, 1.807) is 6.07 Å². The van der Waals surface area contributed by atoms with E-state index in [0.717, 1.165) is 27.2 Å². The minimum absolute atomic E-state index is 0.0845. The fraction of sp³-hybridized carbons (Fsp3) is 0.200. The number of furan rings is 1. The van der Waals surface area contributed by atoms with E-state index in [9.17, 15) is 4.79 Å². The van der Waals surface area contributed by atoms with Crippen molar-refractivity contribution in [3.63, 3.8) is 0 Å². The average molecular weight is 271 g/mol. The Morgan fingerprint density at radius 3 is 2.68 bits per heavy atom. The summed E-state index contributed by atoms with van der Waals surface area (Å²) < 4.78 is 5.71. The van der Waals surface area contributed by atoms with E-state index in [1.807, 2.05) is 39.0 Å². The Kier molecular flexibility index (Phi) is 2.75. The maximum Gasteiger partial charge on any atom is 0.240 e. The largest absolute Gasteiger partial charge is 0.452 e. The van der Waals surface area contributed by atoms with Crippen molar-refractivity contribution in [1.29, 1.82) is 0 Å². The van der Waals surface area contributed by atoms with Crippen molar-refractivity contribution in [2.75, 3.05) is 0 Å². The number of aromatic nitrogens is 1. The van der Waals surface area contributed by atoms with Crippen molar-refractivity contribution in [1.82, 2.24) is 4.98 Å². The summed E-state index contributed by atoms with van der Waals surface area (Å²) in [6, 6.07) is 7.69. The van der Waals surface area contributed by atoms with E-state index in [1.165, 1.54) is 11.3 Å². The zero-order valence-electron chi connectivity index (χ0n) is 11.0. The molecule has 3 aromatic rings. The minimum Gasteiger partial charge on any atom is -0.452 e. The highest BCUT2D eigenvalue weighted by atomic mass is 32.1. The Morgan fingerprint density at radius 1 is 1.26 bits per heavy atom. The summed E-state index contributed by atoms with van der Waals surface area (Å²) in [6.45, 7) is 5.73. The minimum atomic E-state index is -0.0845. The number of para-hydroxylation sites is 1. The lowest BCUT2D eigenvalue weighted by atomic mass is 10.1. The van der Waals surface area contributed by atoms with Gasteiger partial charge < -0.3 is 4.42 Å². The van der Waals surface area contributed by atoms with Crippen LogP contribution in [-0.2, 0) is 0 Å². The summed E-state index contributed by atoms with van der Waals surface area (Å²) in [4.78, 5) is 17.4. The molecule has 0 radical (unpaired) electrons. The second-order valence-electron chi connectivity index (χ2n) is 4.58. The van der Waals surface area contributed by atoms with Gasteiger partial charge in [0.2, 0.25) is 5.78 Å². The second-order valence-corrected chi connectivity index (χ2v) is 5.78. The van der Waals surface area contributed by atoms with Crippen LogP contribution >= 0.6 is 11.3 Å². The smallest absolute Gasteiger partial charge is 0.240 e. The molecule has 0 N–H and O–H groups in total. The van der Waals surface area contributed by atoms with Crippen LogP contribution in [0, 0.1) is 20.8 Å². The third kappa shape index (κ3) is 1.98. The molecule has 2 heterocycles. The monoisotopic (exact) mass is 271 g/mol. The highest BCUT2D eigenvalue weighted by molar-refractivity contribution is 7.13. The summed E-state index contributed by atoms with van der Waals surface area (Å²) in [6.07, 6.45) is 0. The van der Waals surface area contributed by atoms with Crippen LogP contribution in [0.4, 0.5) is 0 Å². The predicted molar refractivity (Wildman–Crippen MR) is 76.0 cm³/mol. The van der Waals surface area contributed by atoms with E-state index in [0.29, 0.717) is 10.6 Å². The highest BCUT2D eigenvalue weighted by Gasteiger charge is 2.20. The molecule has 0 spiro atoms. The maximum absolute atomic E-state index is 12.4. The van der Waals surface area contributed by atoms with Gasteiger partial charge in [0.15, 0.2) is 5.76 Å². The Hall–Kier alpha value is -1.94. The molecule has 2 aromatic heterocycles. The number of rotatable bonds is 2. The molecule has 3 rings (SSSR count). The summed E-state index contributed by atoms with van der Waals surface area (Å²) >= 11 is 1.41. The van der Waals surface area contributed by atoms with Crippen LogP contribution in [0.3, 0.4) is 0 Å². The number of benzene rings is 1. The molecule has 0 aliphatic rings. The zero-order valence-corrected chi connectivity index (χ0v) is 11.8. The van der Waals surface area contributed by atoms with Gasteiger partial charge in [0.25, 0.3) is 0 Å². The van der Waals surface area contributed by atoms with Crippen LogP contribution in [0.15, 0.2) is 28.7 Å². The number of aryl methyl sites for hydroxylation is 3. The lowest BCUT2D eigenvalue weighted by Gasteiger charge is -1.94. The summed E-state index contributed by atoms with van der Waals surface area (Å²) in [5.41, 5.74) is 2.59. The number of hydrogen-bond acceptors (Lipinski definition) is 4. The second kappa shape index (κ2) is 4.31. The van der Waals surface area contributed by atoms with Crippen LogP contribution in [0.1, 0.15) is 31.7 Å². The Bertz CT molecular complexity index is 783. The van der Waals surface area contributed by atoms with Gasteiger partial charge in [-0.15, -0.1) is 11.3 Å². The summed E-state index contributed by atoms with van der Waals surface area (Å²) in [5.74, 6) is 0.301. The van der Waals surface area contributed by atoms with Crippen molar-refractivity contribution in [2.45, 2.75) is 20.8 Å². The van der Waals surface area contributed by atoms with E-state index >= 15 is 0 Å². The number of carbonyl (C=O) groups excluding carboxylic acids is 1. The van der Waals surface area contributed by atoms with Gasteiger partial charge in [-0.2, -0.15) is 0 Å². The first-order valence-electron chi connectivity index (χ1n) is 6.04. The molecule has 4 heteroatoms. The number of nitrogens with zero attached hydrogens (tertiary/aromatic N) is 1. The first kappa shape index (κ1) is 12.1. The van der Waals surface area contributed by atoms with Crippen LogP contribution in [0.25, 0.3) is 11.0 Å². The molecular formula is C15H13NO2S. The number of ketones is 1. The third-order valence-corrected chi connectivity index (χ3v) is 4.15. The van der Waals surface area contributed by atoms with E-state index in [2.05, 4.69) is 4.98 Å². The SMILES string of the molecule is Cc1nc(C)c(C(=O)c2cc3cccc(C)c3o2)s1. The van der Waals surface area contributed by atoms with Crippen molar-refractivity contribution in [3.05, 3.63) is 51.2 Å². The molecule has 0 aliphatic carbocycles. The average Bonchev–Trinajstić information content (AvgIpc) is 2.93. The Balaban J connectivity index is 2.12. The zero-order chi connectivity index (χ0) is 13.6. The van der Waals surface area contributed by atoms with Gasteiger partial charge in [-0.05, 0) is 32.4 Å². The van der Waals surface area contributed by atoms with Crippen molar-refractivity contribution in [3.8, 4) is 0 Å². The maximum atomic E-state index is 12.4. The number of fused-ring (bicyclic) bond motifs is 1. The molecule has 3 nitrogen and oxygen atoms in total. The van der Waals surface area contributed by atoms with Gasteiger partial charge in [-0.3, -0.25) is 4.79 Å². The van der Waals surface area contributed by atoms with Crippen molar-refractivity contribution < 1.29 is 9.21 Å². The van der Waals surface area contributed by atoms with Gasteiger partial charge in [-0.1, -0.05) is 18.2 Å². The molecule has 0 atom stereocenters. The number of carbonyl (C=O) groups is 1. The Morgan fingerprint density at radius 2 is 2.05 bits per heavy atom. The lowest BCUT2D eigenvalue weighted by molar-refractivity contribution is 0.101. The van der Waals surface area contributed by atoms with E-state index < -0.39 is 0 Å². The first-order valence-corrected chi connectivity index (χ1v) is 6.86. The quantitative estimate of drug-likeness (QED) is 0.660. The number of thiazole rings is 1. The molecule has 1 aromatic carbocycles. The molecule has 0 aliphatic heterocycles. The van der Waals surface area contributed by atoms with Gasteiger partial charge in [-0.25, -0.2) is 4.98 Å². The molecule has 0 amide bonds. The molecule has 96 valence electrons. The first-order chi connectivity index (χ1) is 9.06. The van der Waals surface area contributed by atoms with Gasteiger partial charge in [0.1, 0.15) is 10.5 Å². The fourth-order valence-corrected chi connectivity index (χ4v) is 3.04. The highest BCUT2D eigenvalue weighted by Crippen LogP contribution is 2.27. The van der Waals surface area contributed by atoms with Crippen LogP contribution < -0.4 is 0 Å². The molecule has 0 saturated heterocycles. The topological polar surface area (TPSA) is 43.1 Å².